The average Bonchev–Trinajstić information content (AvgIpc) is 3.05. The molecule has 0 atom stereocenters. The van der Waals surface area contributed by atoms with E-state index in [1.165, 1.54) is 16.8 Å². The van der Waals surface area contributed by atoms with Crippen molar-refractivity contribution < 1.29 is 14.3 Å². The molecule has 25 heavy (non-hydrogen) atoms. The van der Waals surface area contributed by atoms with Crippen LogP contribution >= 0.6 is 0 Å². The molecule has 0 amide bonds. The molecule has 0 aliphatic rings. The van der Waals surface area contributed by atoms with Crippen molar-refractivity contribution in [3.8, 4) is 0 Å². The lowest BCUT2D eigenvalue weighted by molar-refractivity contribution is 0.0466. The van der Waals surface area contributed by atoms with Gasteiger partial charge < -0.3 is 9.72 Å². The third-order valence-corrected chi connectivity index (χ3v) is 3.74. The van der Waals surface area contributed by atoms with Gasteiger partial charge in [0.05, 0.1) is 0 Å². The Kier molecular flexibility index (Phi) is 4.74. The number of H-pyrrole nitrogens is 1. The van der Waals surface area contributed by atoms with Crippen molar-refractivity contribution >= 4 is 22.7 Å². The van der Waals surface area contributed by atoms with Gasteiger partial charge in [0.2, 0.25) is 5.78 Å². The zero-order valence-electron chi connectivity index (χ0n) is 13.7. The molecule has 1 aromatic carbocycles. The lowest BCUT2D eigenvalue weighted by atomic mass is 10.1. The number of ether oxygens (including phenoxy) is 1. The normalized spacial score (nSPS) is 10.8. The minimum absolute atomic E-state index is 0.000207. The van der Waals surface area contributed by atoms with Crippen LogP contribution in [0.2, 0.25) is 0 Å². The number of carbonyl (C=O) groups excluding carboxylic acids is 2. The molecular formula is C18H17N3O4. The summed E-state index contributed by atoms with van der Waals surface area (Å²) in [4.78, 5) is 39.0. The summed E-state index contributed by atoms with van der Waals surface area (Å²) >= 11 is 0. The maximum absolute atomic E-state index is 12.3. The molecule has 2 aromatic heterocycles. The first-order valence-electron chi connectivity index (χ1n) is 7.94. The standard InChI is InChI=1S/C18H17N3O4/c1-2-9-21-17(23)8-7-15(20-21)18(24)25-11-16(22)13-10-19-14-6-4-3-5-12(13)14/h3-8,10,19H,2,9,11H2,1H3. The summed E-state index contributed by atoms with van der Waals surface area (Å²) in [6, 6.07) is 9.94. The molecule has 0 unspecified atom stereocenters. The zero-order valence-corrected chi connectivity index (χ0v) is 13.7. The molecule has 0 aliphatic heterocycles. The summed E-state index contributed by atoms with van der Waals surface area (Å²) in [5, 5.41) is 4.74. The number of carbonyl (C=O) groups is 2. The smallest absolute Gasteiger partial charge is 0.359 e. The van der Waals surface area contributed by atoms with Crippen LogP contribution in [0.15, 0.2) is 47.4 Å². The number of aromatic amines is 1. The molecule has 2 heterocycles. The quantitative estimate of drug-likeness (QED) is 0.549. The number of benzene rings is 1. The number of para-hydroxylation sites is 1. The SMILES string of the molecule is CCCn1nc(C(=O)OCC(=O)c2c[nH]c3ccccc23)ccc1=O. The Balaban J connectivity index is 1.71. The van der Waals surface area contributed by atoms with Gasteiger partial charge in [0.15, 0.2) is 12.3 Å². The molecule has 7 nitrogen and oxygen atoms in total. The van der Waals surface area contributed by atoms with Gasteiger partial charge in [-0.3, -0.25) is 9.59 Å². The van der Waals surface area contributed by atoms with Gasteiger partial charge in [-0.1, -0.05) is 25.1 Å². The van der Waals surface area contributed by atoms with Crippen molar-refractivity contribution in [1.29, 1.82) is 0 Å². The average molecular weight is 339 g/mol. The van der Waals surface area contributed by atoms with E-state index in [1.807, 2.05) is 31.2 Å². The second-order valence-corrected chi connectivity index (χ2v) is 5.53. The highest BCUT2D eigenvalue weighted by molar-refractivity contribution is 6.09. The number of hydrogen-bond donors (Lipinski definition) is 1. The molecule has 0 bridgehead atoms. The molecule has 0 aliphatic carbocycles. The Labute approximate surface area is 143 Å². The summed E-state index contributed by atoms with van der Waals surface area (Å²) in [7, 11) is 0. The predicted molar refractivity (Wildman–Crippen MR) is 91.7 cm³/mol. The van der Waals surface area contributed by atoms with Crippen LogP contribution in [0.3, 0.4) is 0 Å². The fourth-order valence-corrected chi connectivity index (χ4v) is 2.51. The monoisotopic (exact) mass is 339 g/mol. The second-order valence-electron chi connectivity index (χ2n) is 5.53. The zero-order chi connectivity index (χ0) is 17.8. The first-order chi connectivity index (χ1) is 12.1. The number of aromatic nitrogens is 3. The van der Waals surface area contributed by atoms with Gasteiger partial charge in [0, 0.05) is 35.3 Å². The van der Waals surface area contributed by atoms with E-state index < -0.39 is 12.6 Å². The van der Waals surface area contributed by atoms with Crippen LogP contribution in [0.1, 0.15) is 34.2 Å². The van der Waals surface area contributed by atoms with E-state index in [-0.39, 0.29) is 17.0 Å². The van der Waals surface area contributed by atoms with E-state index in [0.717, 1.165) is 10.9 Å². The number of hydrogen-bond acceptors (Lipinski definition) is 5. The van der Waals surface area contributed by atoms with Crippen LogP contribution in [0.5, 0.6) is 0 Å². The van der Waals surface area contributed by atoms with Crippen molar-refractivity contribution in [1.82, 2.24) is 14.8 Å². The Bertz CT molecular complexity index is 987. The van der Waals surface area contributed by atoms with Crippen LogP contribution in [0, 0.1) is 0 Å². The van der Waals surface area contributed by atoms with Crippen LogP contribution in [0.25, 0.3) is 10.9 Å². The topological polar surface area (TPSA) is 94.1 Å². The third-order valence-electron chi connectivity index (χ3n) is 3.74. The molecule has 1 N–H and O–H groups in total. The Morgan fingerprint density at radius 2 is 2.00 bits per heavy atom. The molecule has 0 radical (unpaired) electrons. The highest BCUT2D eigenvalue weighted by atomic mass is 16.5. The van der Waals surface area contributed by atoms with Gasteiger partial charge in [-0.25, -0.2) is 9.48 Å². The molecule has 7 heteroatoms. The summed E-state index contributed by atoms with van der Waals surface area (Å²) in [5.74, 6) is -1.05. The van der Waals surface area contributed by atoms with Gasteiger partial charge in [-0.15, -0.1) is 0 Å². The molecular weight excluding hydrogens is 322 g/mol. The van der Waals surface area contributed by atoms with Gasteiger partial charge >= 0.3 is 5.97 Å². The predicted octanol–water partition coefficient (Wildman–Crippen LogP) is 2.17. The molecule has 0 spiro atoms. The van der Waals surface area contributed by atoms with E-state index in [1.54, 1.807) is 6.20 Å². The molecule has 0 saturated carbocycles. The van der Waals surface area contributed by atoms with Gasteiger partial charge in [0.1, 0.15) is 0 Å². The lowest BCUT2D eigenvalue weighted by Crippen LogP contribution is -2.25. The van der Waals surface area contributed by atoms with Crippen molar-refractivity contribution in [3.63, 3.8) is 0 Å². The minimum Gasteiger partial charge on any atom is -0.453 e. The summed E-state index contributed by atoms with van der Waals surface area (Å²) in [6.45, 7) is 1.92. The minimum atomic E-state index is -0.738. The van der Waals surface area contributed by atoms with E-state index in [2.05, 4.69) is 10.1 Å². The largest absolute Gasteiger partial charge is 0.453 e. The maximum Gasteiger partial charge on any atom is 0.359 e. The number of esters is 1. The highest BCUT2D eigenvalue weighted by Gasteiger charge is 2.16. The van der Waals surface area contributed by atoms with Crippen LogP contribution in [-0.4, -0.2) is 33.1 Å². The Morgan fingerprint density at radius 1 is 1.20 bits per heavy atom. The summed E-state index contributed by atoms with van der Waals surface area (Å²) in [5.41, 5.74) is 1.02. The van der Waals surface area contributed by atoms with E-state index >= 15 is 0 Å². The van der Waals surface area contributed by atoms with Crippen molar-refractivity contribution in [2.45, 2.75) is 19.9 Å². The van der Waals surface area contributed by atoms with Gasteiger partial charge in [-0.2, -0.15) is 5.10 Å². The third kappa shape index (κ3) is 3.50. The van der Waals surface area contributed by atoms with Crippen molar-refractivity contribution in [3.05, 3.63) is 64.2 Å². The molecule has 3 aromatic rings. The molecule has 0 fully saturated rings. The number of rotatable bonds is 6. The van der Waals surface area contributed by atoms with Crippen LogP contribution in [0.4, 0.5) is 0 Å². The molecule has 3 rings (SSSR count). The van der Waals surface area contributed by atoms with Crippen molar-refractivity contribution in [2.75, 3.05) is 6.61 Å². The number of nitrogens with zero attached hydrogens (tertiary/aromatic N) is 2. The molecule has 0 saturated heterocycles. The fraction of sp³-hybridized carbons (Fsp3) is 0.222. The Hall–Kier alpha value is -3.22. The summed E-state index contributed by atoms with van der Waals surface area (Å²) < 4.78 is 6.26. The first kappa shape index (κ1) is 16.6. The van der Waals surface area contributed by atoms with Crippen LogP contribution in [-0.2, 0) is 11.3 Å². The Morgan fingerprint density at radius 3 is 2.80 bits per heavy atom. The number of nitrogens with one attached hydrogen (secondary N) is 1. The number of ketones is 1. The number of Topliss-reactive ketones (excluding diaryl/α,β-unsaturated/α-hetero) is 1. The second kappa shape index (κ2) is 7.12. The van der Waals surface area contributed by atoms with E-state index in [4.69, 9.17) is 4.74 Å². The van der Waals surface area contributed by atoms with Gasteiger partial charge in [-0.05, 0) is 18.6 Å². The molecule has 128 valence electrons. The van der Waals surface area contributed by atoms with Crippen molar-refractivity contribution in [2.24, 2.45) is 0 Å². The van der Waals surface area contributed by atoms with E-state index in [0.29, 0.717) is 18.5 Å². The summed E-state index contributed by atoms with van der Waals surface area (Å²) in [6.07, 6.45) is 2.31. The lowest BCUT2D eigenvalue weighted by Gasteiger charge is -2.06. The van der Waals surface area contributed by atoms with Gasteiger partial charge in [0.25, 0.3) is 5.56 Å². The number of fused-ring (bicyclic) bond motifs is 1. The first-order valence-corrected chi connectivity index (χ1v) is 7.94. The fourth-order valence-electron chi connectivity index (χ4n) is 2.51. The van der Waals surface area contributed by atoms with Crippen LogP contribution < -0.4 is 5.56 Å². The maximum atomic E-state index is 12.3. The highest BCUT2D eigenvalue weighted by Crippen LogP contribution is 2.18. The van der Waals surface area contributed by atoms with E-state index in [9.17, 15) is 14.4 Å². The number of aryl methyl sites for hydroxylation is 1.